The van der Waals surface area contributed by atoms with E-state index in [-0.39, 0.29) is 19.5 Å². The zero-order valence-electron chi connectivity index (χ0n) is 5.33. The van der Waals surface area contributed by atoms with E-state index in [4.69, 9.17) is 21.7 Å². The van der Waals surface area contributed by atoms with Crippen LogP contribution >= 0.6 is 0 Å². The first-order valence-corrected chi connectivity index (χ1v) is 2.97. The molecule has 0 rings (SSSR count). The van der Waals surface area contributed by atoms with Crippen LogP contribution in [0.25, 0.3) is 0 Å². The average molecular weight is 134 g/mol. The molecule has 4 heteroatoms. The summed E-state index contributed by atoms with van der Waals surface area (Å²) in [7, 11) is 0. The second-order valence-corrected chi connectivity index (χ2v) is 2.01. The van der Waals surface area contributed by atoms with Crippen LogP contribution in [-0.2, 0) is 0 Å². The Balaban J connectivity index is 3.22. The molecule has 0 aliphatic carbocycles. The van der Waals surface area contributed by atoms with Crippen molar-refractivity contribution in [3.63, 3.8) is 0 Å². The zero-order chi connectivity index (χ0) is 7.28. The lowest BCUT2D eigenvalue weighted by Gasteiger charge is -2.10. The van der Waals surface area contributed by atoms with E-state index in [9.17, 15) is 0 Å². The quantitative estimate of drug-likeness (QED) is 0.358. The van der Waals surface area contributed by atoms with Crippen molar-refractivity contribution >= 4 is 0 Å². The molecule has 0 bridgehead atoms. The van der Waals surface area contributed by atoms with Crippen LogP contribution in [0, 0.1) is 0 Å². The van der Waals surface area contributed by atoms with Gasteiger partial charge in [0, 0.05) is 19.5 Å². The van der Waals surface area contributed by atoms with Crippen LogP contribution in [0.15, 0.2) is 0 Å². The van der Waals surface area contributed by atoms with Crippen molar-refractivity contribution in [3.8, 4) is 0 Å². The Kier molecular flexibility index (Phi) is 4.61. The van der Waals surface area contributed by atoms with Crippen molar-refractivity contribution in [2.24, 2.45) is 11.5 Å². The van der Waals surface area contributed by atoms with Crippen LogP contribution in [0.5, 0.6) is 0 Å². The maximum absolute atomic E-state index is 8.82. The van der Waals surface area contributed by atoms with Crippen molar-refractivity contribution in [3.05, 3.63) is 0 Å². The summed E-state index contributed by atoms with van der Waals surface area (Å²) in [6.07, 6.45) is -0.973. The molecule has 0 spiro atoms. The van der Waals surface area contributed by atoms with Gasteiger partial charge < -0.3 is 21.7 Å². The summed E-state index contributed by atoms with van der Waals surface area (Å²) in [5.41, 5.74) is 10.1. The normalized spacial score (nSPS) is 17.3. The Morgan fingerprint density at radius 3 is 1.56 bits per heavy atom. The number of aliphatic hydroxyl groups is 2. The molecule has 0 saturated heterocycles. The fourth-order valence-corrected chi connectivity index (χ4v) is 0.507. The lowest BCUT2D eigenvalue weighted by molar-refractivity contribution is 0.0899. The van der Waals surface area contributed by atoms with Gasteiger partial charge in [-0.05, 0) is 0 Å². The van der Waals surface area contributed by atoms with Crippen LogP contribution in [-0.4, -0.2) is 35.5 Å². The zero-order valence-corrected chi connectivity index (χ0v) is 5.33. The van der Waals surface area contributed by atoms with Gasteiger partial charge >= 0.3 is 0 Å². The number of rotatable bonds is 4. The number of aliphatic hydroxyl groups excluding tert-OH is 2. The molecule has 0 unspecified atom stereocenters. The van der Waals surface area contributed by atoms with Gasteiger partial charge in [0.2, 0.25) is 0 Å². The predicted octanol–water partition coefficient (Wildman–Crippen LogP) is -1.98. The van der Waals surface area contributed by atoms with E-state index in [0.717, 1.165) is 0 Å². The third-order valence-corrected chi connectivity index (χ3v) is 1.09. The summed E-state index contributed by atoms with van der Waals surface area (Å²) in [6, 6.07) is 0. The Hall–Kier alpha value is -0.160. The molecule has 0 amide bonds. The Morgan fingerprint density at radius 2 is 1.33 bits per heavy atom. The maximum Gasteiger partial charge on any atom is 0.0687 e. The molecular formula is C5H14N2O2. The first-order chi connectivity index (χ1) is 4.20. The van der Waals surface area contributed by atoms with Crippen LogP contribution < -0.4 is 11.5 Å². The van der Waals surface area contributed by atoms with E-state index in [0.29, 0.717) is 0 Å². The van der Waals surface area contributed by atoms with Crippen molar-refractivity contribution in [2.75, 3.05) is 13.1 Å². The van der Waals surface area contributed by atoms with E-state index in [1.54, 1.807) is 0 Å². The smallest absolute Gasteiger partial charge is 0.0687 e. The monoisotopic (exact) mass is 134 g/mol. The Labute approximate surface area is 54.5 Å². The third-order valence-electron chi connectivity index (χ3n) is 1.09. The minimum Gasteiger partial charge on any atom is -0.392 e. The fourth-order valence-electron chi connectivity index (χ4n) is 0.507. The Bertz CT molecular complexity index is 62.0. The molecule has 6 N–H and O–H groups in total. The summed E-state index contributed by atoms with van der Waals surface area (Å²) < 4.78 is 0. The van der Waals surface area contributed by atoms with Crippen molar-refractivity contribution in [1.82, 2.24) is 0 Å². The molecular weight excluding hydrogens is 120 g/mol. The molecule has 0 aromatic heterocycles. The maximum atomic E-state index is 8.82. The van der Waals surface area contributed by atoms with E-state index in [2.05, 4.69) is 0 Å². The predicted molar refractivity (Wildman–Crippen MR) is 34.7 cm³/mol. The molecule has 4 nitrogen and oxygen atoms in total. The van der Waals surface area contributed by atoms with Gasteiger partial charge in [0.1, 0.15) is 0 Å². The van der Waals surface area contributed by atoms with Crippen LogP contribution in [0.4, 0.5) is 0 Å². The average Bonchev–Trinajstić information content (AvgIpc) is 1.87. The molecule has 2 atom stereocenters. The van der Waals surface area contributed by atoms with Crippen LogP contribution in [0.2, 0.25) is 0 Å². The number of hydrogen-bond acceptors (Lipinski definition) is 4. The Morgan fingerprint density at radius 1 is 1.00 bits per heavy atom. The SMILES string of the molecule is NC[C@@H](O)C[C@@H](O)CN. The summed E-state index contributed by atoms with van der Waals surface area (Å²) >= 11 is 0. The number of nitrogens with two attached hydrogens (primary N) is 2. The molecule has 0 aliphatic rings. The molecule has 0 fully saturated rings. The van der Waals surface area contributed by atoms with Gasteiger partial charge in [-0.15, -0.1) is 0 Å². The number of hydrogen-bond donors (Lipinski definition) is 4. The largest absolute Gasteiger partial charge is 0.392 e. The van der Waals surface area contributed by atoms with Crippen molar-refractivity contribution < 1.29 is 10.2 Å². The van der Waals surface area contributed by atoms with Gasteiger partial charge in [0.05, 0.1) is 12.2 Å². The van der Waals surface area contributed by atoms with E-state index in [1.165, 1.54) is 0 Å². The molecule has 0 aromatic carbocycles. The van der Waals surface area contributed by atoms with Crippen molar-refractivity contribution in [1.29, 1.82) is 0 Å². The molecule has 0 aliphatic heterocycles. The molecule has 56 valence electrons. The molecule has 0 saturated carbocycles. The van der Waals surface area contributed by atoms with E-state index in [1.807, 2.05) is 0 Å². The molecule has 9 heavy (non-hydrogen) atoms. The van der Waals surface area contributed by atoms with Gasteiger partial charge in [0.15, 0.2) is 0 Å². The summed E-state index contributed by atoms with van der Waals surface area (Å²) in [5, 5.41) is 17.6. The fraction of sp³-hybridized carbons (Fsp3) is 1.00. The van der Waals surface area contributed by atoms with Crippen LogP contribution in [0.3, 0.4) is 0 Å². The second kappa shape index (κ2) is 4.69. The highest BCUT2D eigenvalue weighted by Gasteiger charge is 2.07. The summed E-state index contributed by atoms with van der Waals surface area (Å²) in [4.78, 5) is 0. The van der Waals surface area contributed by atoms with Gasteiger partial charge in [-0.3, -0.25) is 0 Å². The van der Waals surface area contributed by atoms with Crippen molar-refractivity contribution in [2.45, 2.75) is 18.6 Å². The highest BCUT2D eigenvalue weighted by atomic mass is 16.3. The van der Waals surface area contributed by atoms with Gasteiger partial charge in [-0.1, -0.05) is 0 Å². The first kappa shape index (κ1) is 8.84. The molecule has 0 radical (unpaired) electrons. The highest BCUT2D eigenvalue weighted by molar-refractivity contribution is 4.63. The summed E-state index contributed by atoms with van der Waals surface area (Å²) in [5.74, 6) is 0. The molecule has 0 aromatic rings. The lowest BCUT2D eigenvalue weighted by Crippen LogP contribution is -2.29. The van der Waals surface area contributed by atoms with Gasteiger partial charge in [-0.2, -0.15) is 0 Å². The second-order valence-electron chi connectivity index (χ2n) is 2.01. The first-order valence-electron chi connectivity index (χ1n) is 2.97. The van der Waals surface area contributed by atoms with Gasteiger partial charge in [0.25, 0.3) is 0 Å². The topological polar surface area (TPSA) is 92.5 Å². The minimum absolute atomic E-state index is 0.178. The lowest BCUT2D eigenvalue weighted by atomic mass is 10.1. The van der Waals surface area contributed by atoms with Gasteiger partial charge in [-0.25, -0.2) is 0 Å². The summed E-state index contributed by atoms with van der Waals surface area (Å²) in [6.45, 7) is 0.355. The molecule has 0 heterocycles. The van der Waals surface area contributed by atoms with Crippen LogP contribution in [0.1, 0.15) is 6.42 Å². The minimum atomic E-state index is -0.622. The van der Waals surface area contributed by atoms with E-state index < -0.39 is 12.2 Å². The van der Waals surface area contributed by atoms with E-state index >= 15 is 0 Å². The highest BCUT2D eigenvalue weighted by Crippen LogP contribution is 1.93. The third kappa shape index (κ3) is 4.35. The standard InChI is InChI=1S/C5H14N2O2/c6-2-4(8)1-5(9)3-7/h4-5,8-9H,1-3,6-7H2/t4-,5+.